The summed E-state index contributed by atoms with van der Waals surface area (Å²) in [6, 6.07) is 0. The van der Waals surface area contributed by atoms with Crippen LogP contribution in [0.25, 0.3) is 0 Å². The number of carbonyl (C=O) groups excluding carboxylic acids is 1. The molecule has 1 heterocycles. The maximum absolute atomic E-state index is 11.6. The van der Waals surface area contributed by atoms with Crippen molar-refractivity contribution in [1.29, 1.82) is 0 Å². The van der Waals surface area contributed by atoms with Gasteiger partial charge in [0, 0.05) is 0 Å². The Labute approximate surface area is 88.2 Å². The first kappa shape index (κ1) is 11.6. The summed E-state index contributed by atoms with van der Waals surface area (Å²) < 4.78 is 4.54. The Morgan fingerprint density at radius 1 is 1.73 bits per heavy atom. The van der Waals surface area contributed by atoms with E-state index >= 15 is 0 Å². The predicted molar refractivity (Wildman–Crippen MR) is 53.6 cm³/mol. The Balaban J connectivity index is 2.42. The molecule has 0 aromatic carbocycles. The molecule has 6 heteroatoms. The minimum atomic E-state index is -0.835. The predicted octanol–water partition coefficient (Wildman–Crippen LogP) is 0.203. The van der Waals surface area contributed by atoms with E-state index in [2.05, 4.69) is 20.0 Å². The number of aromatic nitrogens is 2. The molecule has 6 nitrogen and oxygen atoms in total. The fourth-order valence-electron chi connectivity index (χ4n) is 1.26. The molecule has 0 aliphatic heterocycles. The number of hydrogen-bond acceptors (Lipinski definition) is 5. The fraction of sp³-hybridized carbons (Fsp3) is 0.667. The van der Waals surface area contributed by atoms with Gasteiger partial charge in [0.05, 0.1) is 12.1 Å². The molecule has 15 heavy (non-hydrogen) atoms. The van der Waals surface area contributed by atoms with Gasteiger partial charge in [0.2, 0.25) is 12.3 Å². The monoisotopic (exact) mass is 212 g/mol. The second-order valence-electron chi connectivity index (χ2n) is 3.70. The van der Waals surface area contributed by atoms with Crippen LogP contribution in [0.2, 0.25) is 0 Å². The summed E-state index contributed by atoms with van der Waals surface area (Å²) in [5, 5.41) is 6.24. The molecule has 84 valence electrons. The zero-order valence-corrected chi connectivity index (χ0v) is 8.99. The van der Waals surface area contributed by atoms with Crippen LogP contribution in [0, 0.1) is 0 Å². The highest BCUT2D eigenvalue weighted by atomic mass is 16.5. The van der Waals surface area contributed by atoms with Gasteiger partial charge in [-0.15, -0.1) is 0 Å². The van der Waals surface area contributed by atoms with Crippen molar-refractivity contribution in [1.82, 2.24) is 15.5 Å². The molecular weight excluding hydrogens is 196 g/mol. The molecule has 1 aromatic rings. The number of rotatable bonds is 5. The van der Waals surface area contributed by atoms with E-state index in [1.165, 1.54) is 6.39 Å². The molecule has 1 atom stereocenters. The molecule has 0 radical (unpaired) electrons. The summed E-state index contributed by atoms with van der Waals surface area (Å²) >= 11 is 0. The highest BCUT2D eigenvalue weighted by molar-refractivity contribution is 5.85. The van der Waals surface area contributed by atoms with Gasteiger partial charge in [-0.05, 0) is 13.3 Å². The lowest BCUT2D eigenvalue weighted by Gasteiger charge is -2.22. The van der Waals surface area contributed by atoms with E-state index < -0.39 is 5.54 Å². The lowest BCUT2D eigenvalue weighted by molar-refractivity contribution is -0.126. The van der Waals surface area contributed by atoms with Crippen LogP contribution in [0.4, 0.5) is 0 Å². The molecule has 1 amide bonds. The second-order valence-corrected chi connectivity index (χ2v) is 3.70. The molecule has 0 bridgehead atoms. The third-order valence-electron chi connectivity index (χ3n) is 2.10. The van der Waals surface area contributed by atoms with Crippen LogP contribution in [-0.4, -0.2) is 21.6 Å². The number of hydrogen-bond donors (Lipinski definition) is 2. The van der Waals surface area contributed by atoms with Gasteiger partial charge in [-0.2, -0.15) is 4.98 Å². The van der Waals surface area contributed by atoms with Crippen molar-refractivity contribution in [2.75, 3.05) is 0 Å². The summed E-state index contributed by atoms with van der Waals surface area (Å²) in [6.45, 7) is 3.94. The summed E-state index contributed by atoms with van der Waals surface area (Å²) in [4.78, 5) is 15.4. The molecule has 3 N–H and O–H groups in total. The topological polar surface area (TPSA) is 94.0 Å². The van der Waals surface area contributed by atoms with Crippen molar-refractivity contribution in [2.45, 2.75) is 38.8 Å². The van der Waals surface area contributed by atoms with Gasteiger partial charge in [0.1, 0.15) is 0 Å². The normalized spacial score (nSPS) is 14.6. The van der Waals surface area contributed by atoms with E-state index in [0.29, 0.717) is 12.2 Å². The quantitative estimate of drug-likeness (QED) is 0.727. The molecule has 1 rings (SSSR count). The largest absolute Gasteiger partial charge is 0.347 e. The van der Waals surface area contributed by atoms with Crippen LogP contribution in [0.15, 0.2) is 10.9 Å². The first-order chi connectivity index (χ1) is 7.06. The van der Waals surface area contributed by atoms with Crippen LogP contribution >= 0.6 is 0 Å². The van der Waals surface area contributed by atoms with Crippen molar-refractivity contribution < 1.29 is 9.32 Å². The lowest BCUT2D eigenvalue weighted by Crippen LogP contribution is -2.51. The highest BCUT2D eigenvalue weighted by Crippen LogP contribution is 2.08. The average Bonchev–Trinajstić information content (AvgIpc) is 2.66. The summed E-state index contributed by atoms with van der Waals surface area (Å²) in [5.74, 6) is 0.241. The molecule has 0 saturated carbocycles. The van der Waals surface area contributed by atoms with Gasteiger partial charge in [0.15, 0.2) is 5.82 Å². The molecule has 0 saturated heterocycles. The third-order valence-corrected chi connectivity index (χ3v) is 2.10. The Morgan fingerprint density at radius 2 is 2.47 bits per heavy atom. The van der Waals surface area contributed by atoms with Gasteiger partial charge in [-0.1, -0.05) is 18.5 Å². The second kappa shape index (κ2) is 4.88. The standard InChI is InChI=1S/C9H16N4O2/c1-3-4-9(2,10)8(14)11-5-7-12-6-15-13-7/h6H,3-5,10H2,1-2H3,(H,11,14). The Hall–Kier alpha value is -1.43. The van der Waals surface area contributed by atoms with Crippen LogP contribution in [-0.2, 0) is 11.3 Å². The minimum Gasteiger partial charge on any atom is -0.347 e. The SMILES string of the molecule is CCCC(C)(N)C(=O)NCc1ncon1. The van der Waals surface area contributed by atoms with Crippen molar-refractivity contribution >= 4 is 5.91 Å². The summed E-state index contributed by atoms with van der Waals surface area (Å²) in [5.41, 5.74) is 5.00. The molecule has 1 unspecified atom stereocenters. The van der Waals surface area contributed by atoms with E-state index in [1.807, 2.05) is 6.92 Å². The van der Waals surface area contributed by atoms with E-state index in [1.54, 1.807) is 6.92 Å². The Morgan fingerprint density at radius 3 is 3.00 bits per heavy atom. The third kappa shape index (κ3) is 3.32. The number of amides is 1. The van der Waals surface area contributed by atoms with Gasteiger partial charge in [0.25, 0.3) is 0 Å². The first-order valence-electron chi connectivity index (χ1n) is 4.88. The van der Waals surface area contributed by atoms with Crippen molar-refractivity contribution in [3.8, 4) is 0 Å². The summed E-state index contributed by atoms with van der Waals surface area (Å²) in [7, 11) is 0. The first-order valence-corrected chi connectivity index (χ1v) is 4.88. The average molecular weight is 212 g/mol. The highest BCUT2D eigenvalue weighted by Gasteiger charge is 2.26. The van der Waals surface area contributed by atoms with Crippen LogP contribution in [0.3, 0.4) is 0 Å². The van der Waals surface area contributed by atoms with Gasteiger partial charge in [-0.3, -0.25) is 4.79 Å². The molecule has 0 aliphatic rings. The lowest BCUT2D eigenvalue weighted by atomic mass is 9.97. The molecule has 0 spiro atoms. The number of nitrogens with two attached hydrogens (primary N) is 1. The summed E-state index contributed by atoms with van der Waals surface area (Å²) in [6.07, 6.45) is 2.73. The zero-order chi connectivity index (χ0) is 11.3. The molecule has 0 aliphatic carbocycles. The van der Waals surface area contributed by atoms with Gasteiger partial charge >= 0.3 is 0 Å². The maximum atomic E-state index is 11.6. The smallest absolute Gasteiger partial charge is 0.240 e. The minimum absolute atomic E-state index is 0.200. The van der Waals surface area contributed by atoms with Gasteiger partial charge < -0.3 is 15.6 Å². The number of nitrogens with one attached hydrogen (secondary N) is 1. The van der Waals surface area contributed by atoms with Crippen molar-refractivity contribution in [3.63, 3.8) is 0 Å². The zero-order valence-electron chi connectivity index (χ0n) is 8.99. The number of carbonyl (C=O) groups is 1. The van der Waals surface area contributed by atoms with E-state index in [4.69, 9.17) is 5.73 Å². The van der Waals surface area contributed by atoms with Crippen molar-refractivity contribution in [2.24, 2.45) is 5.73 Å². The Kier molecular flexibility index (Phi) is 3.79. The van der Waals surface area contributed by atoms with E-state index in [-0.39, 0.29) is 12.5 Å². The van der Waals surface area contributed by atoms with Crippen LogP contribution in [0.1, 0.15) is 32.5 Å². The molecular formula is C9H16N4O2. The van der Waals surface area contributed by atoms with Crippen LogP contribution < -0.4 is 11.1 Å². The molecule has 0 fully saturated rings. The van der Waals surface area contributed by atoms with Crippen LogP contribution in [0.5, 0.6) is 0 Å². The van der Waals surface area contributed by atoms with E-state index in [0.717, 1.165) is 6.42 Å². The van der Waals surface area contributed by atoms with E-state index in [9.17, 15) is 4.79 Å². The fourth-order valence-corrected chi connectivity index (χ4v) is 1.26. The Bertz CT molecular complexity index is 308. The molecule has 1 aromatic heterocycles. The maximum Gasteiger partial charge on any atom is 0.240 e. The number of nitrogens with zero attached hydrogens (tertiary/aromatic N) is 2. The van der Waals surface area contributed by atoms with Crippen molar-refractivity contribution in [3.05, 3.63) is 12.2 Å². The van der Waals surface area contributed by atoms with Gasteiger partial charge in [-0.25, -0.2) is 0 Å².